The molecule has 10 nitrogen and oxygen atoms in total. The number of amides is 3. The molecule has 0 spiro atoms. The predicted octanol–water partition coefficient (Wildman–Crippen LogP) is -0.470. The fraction of sp³-hybridized carbons (Fsp3) is 0.842. The average molecular weight is 449 g/mol. The van der Waals surface area contributed by atoms with Crippen LogP contribution in [0.4, 0.5) is 0 Å². The normalized spacial score (nSPS) is 18.9. The molecule has 30 heavy (non-hydrogen) atoms. The highest BCUT2D eigenvalue weighted by Gasteiger charge is 2.29. The van der Waals surface area contributed by atoms with Crippen molar-refractivity contribution in [3.63, 3.8) is 0 Å². The lowest BCUT2D eigenvalue weighted by molar-refractivity contribution is -0.130. The monoisotopic (exact) mass is 448 g/mol. The molecule has 174 valence electrons. The highest BCUT2D eigenvalue weighted by Crippen LogP contribution is 2.45. The zero-order valence-corrected chi connectivity index (χ0v) is 18.8. The summed E-state index contributed by atoms with van der Waals surface area (Å²) in [5, 5.41) is 17.5. The van der Waals surface area contributed by atoms with Gasteiger partial charge in [-0.1, -0.05) is 33.1 Å². The van der Waals surface area contributed by atoms with E-state index < -0.39 is 37.2 Å². The van der Waals surface area contributed by atoms with E-state index in [1.165, 1.54) is 0 Å². The van der Waals surface area contributed by atoms with Gasteiger partial charge in [-0.3, -0.25) is 18.9 Å². The molecule has 0 saturated heterocycles. The van der Waals surface area contributed by atoms with E-state index in [4.69, 9.17) is 5.73 Å². The van der Waals surface area contributed by atoms with Crippen molar-refractivity contribution in [2.45, 2.75) is 58.1 Å². The SMILES string of the molecule is CC(C)C(NC(=O)CNC(=O)CN)C(=O)NCC(O)CP(=O)(O)CC1CCCCC1. The van der Waals surface area contributed by atoms with Crippen molar-refractivity contribution in [3.05, 3.63) is 0 Å². The van der Waals surface area contributed by atoms with Crippen LogP contribution in [0.2, 0.25) is 0 Å². The molecule has 0 aromatic rings. The summed E-state index contributed by atoms with van der Waals surface area (Å²) in [5.74, 6) is -1.56. The number of aliphatic hydroxyl groups excluding tert-OH is 1. The first-order chi connectivity index (χ1) is 14.0. The van der Waals surface area contributed by atoms with E-state index in [1.54, 1.807) is 13.8 Å². The van der Waals surface area contributed by atoms with E-state index in [1.807, 2.05) is 0 Å². The standard InChI is InChI=1S/C19H37N4O6P/c1-13(2)18(23-17(26)10-21-16(25)8-20)19(27)22-9-15(24)12-30(28,29)11-14-6-4-3-5-7-14/h13-15,18,24H,3-12,20H2,1-2H3,(H,21,25)(H,22,27)(H,23,26)(H,28,29). The Morgan fingerprint density at radius 1 is 1.10 bits per heavy atom. The van der Waals surface area contributed by atoms with Gasteiger partial charge in [0.25, 0.3) is 0 Å². The number of nitrogens with one attached hydrogen (secondary N) is 3. The number of aliphatic hydroxyl groups is 1. The molecule has 1 saturated carbocycles. The maximum atomic E-state index is 12.5. The first kappa shape index (κ1) is 26.6. The molecule has 1 aliphatic carbocycles. The molecule has 3 amide bonds. The van der Waals surface area contributed by atoms with Crippen LogP contribution < -0.4 is 21.7 Å². The maximum Gasteiger partial charge on any atom is 0.242 e. The van der Waals surface area contributed by atoms with Gasteiger partial charge in [-0.2, -0.15) is 0 Å². The quantitative estimate of drug-likeness (QED) is 0.219. The second-order valence-electron chi connectivity index (χ2n) is 8.38. The number of carbonyl (C=O) groups is 3. The molecule has 11 heteroatoms. The van der Waals surface area contributed by atoms with Gasteiger partial charge in [0.15, 0.2) is 0 Å². The Hall–Kier alpha value is -1.48. The van der Waals surface area contributed by atoms with Gasteiger partial charge in [0, 0.05) is 12.7 Å². The van der Waals surface area contributed by atoms with E-state index in [2.05, 4.69) is 16.0 Å². The molecular formula is C19H37N4O6P. The van der Waals surface area contributed by atoms with E-state index in [0.717, 1.165) is 32.1 Å². The summed E-state index contributed by atoms with van der Waals surface area (Å²) >= 11 is 0. The first-order valence-corrected chi connectivity index (χ1v) is 12.6. The number of hydrogen-bond acceptors (Lipinski definition) is 6. The Labute approximate surface area is 178 Å². The van der Waals surface area contributed by atoms with Crippen LogP contribution in [0.1, 0.15) is 46.0 Å². The van der Waals surface area contributed by atoms with Crippen molar-refractivity contribution in [2.75, 3.05) is 32.0 Å². The molecule has 1 aliphatic rings. The molecule has 3 unspecified atom stereocenters. The first-order valence-electron chi connectivity index (χ1n) is 10.6. The van der Waals surface area contributed by atoms with Crippen molar-refractivity contribution in [1.82, 2.24) is 16.0 Å². The predicted molar refractivity (Wildman–Crippen MR) is 114 cm³/mol. The van der Waals surface area contributed by atoms with Gasteiger partial charge in [-0.05, 0) is 24.7 Å². The zero-order chi connectivity index (χ0) is 22.7. The van der Waals surface area contributed by atoms with Crippen LogP contribution in [-0.4, -0.2) is 71.8 Å². The summed E-state index contributed by atoms with van der Waals surface area (Å²) in [6.07, 6.45) is 3.97. The Balaban J connectivity index is 2.46. The molecule has 0 aliphatic heterocycles. The van der Waals surface area contributed by atoms with Crippen molar-refractivity contribution in [3.8, 4) is 0 Å². The van der Waals surface area contributed by atoms with Crippen LogP contribution in [0.25, 0.3) is 0 Å². The lowest BCUT2D eigenvalue weighted by Crippen LogP contribution is -2.53. The van der Waals surface area contributed by atoms with E-state index in [-0.39, 0.29) is 43.8 Å². The van der Waals surface area contributed by atoms with Crippen LogP contribution in [-0.2, 0) is 18.9 Å². The van der Waals surface area contributed by atoms with Crippen molar-refractivity contribution >= 4 is 25.1 Å². The second-order valence-corrected chi connectivity index (χ2v) is 10.8. The van der Waals surface area contributed by atoms with E-state index in [9.17, 15) is 28.9 Å². The third-order valence-corrected chi connectivity index (χ3v) is 7.25. The van der Waals surface area contributed by atoms with E-state index >= 15 is 0 Å². The van der Waals surface area contributed by atoms with Crippen molar-refractivity contribution < 1.29 is 28.9 Å². The molecule has 1 fully saturated rings. The van der Waals surface area contributed by atoms with Gasteiger partial charge in [0.05, 0.1) is 25.4 Å². The molecule has 3 atom stereocenters. The summed E-state index contributed by atoms with van der Waals surface area (Å²) in [4.78, 5) is 45.7. The number of nitrogens with two attached hydrogens (primary N) is 1. The molecule has 0 aromatic carbocycles. The molecule has 0 bridgehead atoms. The van der Waals surface area contributed by atoms with Crippen LogP contribution in [0, 0.1) is 11.8 Å². The molecular weight excluding hydrogens is 411 g/mol. The molecule has 1 rings (SSSR count). The summed E-state index contributed by atoms with van der Waals surface area (Å²) in [7, 11) is -3.49. The Kier molecular flexibility index (Phi) is 11.5. The minimum Gasteiger partial charge on any atom is -0.391 e. The summed E-state index contributed by atoms with van der Waals surface area (Å²) in [5.41, 5.74) is 5.15. The fourth-order valence-electron chi connectivity index (χ4n) is 3.58. The highest BCUT2D eigenvalue weighted by molar-refractivity contribution is 7.58. The minimum atomic E-state index is -3.49. The van der Waals surface area contributed by atoms with Gasteiger partial charge in [-0.25, -0.2) is 0 Å². The molecule has 0 heterocycles. The van der Waals surface area contributed by atoms with Crippen LogP contribution in [0.15, 0.2) is 0 Å². The average Bonchev–Trinajstić information content (AvgIpc) is 2.68. The molecule has 0 radical (unpaired) electrons. The minimum absolute atomic E-state index is 0.183. The topological polar surface area (TPSA) is 171 Å². The third kappa shape index (κ3) is 10.5. The number of hydrogen-bond donors (Lipinski definition) is 6. The Morgan fingerprint density at radius 2 is 1.73 bits per heavy atom. The second kappa shape index (κ2) is 13.0. The molecule has 0 aromatic heterocycles. The fourth-order valence-corrected chi connectivity index (χ4v) is 5.69. The number of rotatable bonds is 12. The van der Waals surface area contributed by atoms with Gasteiger partial charge in [-0.15, -0.1) is 0 Å². The summed E-state index contributed by atoms with van der Waals surface area (Å²) < 4.78 is 12.5. The summed E-state index contributed by atoms with van der Waals surface area (Å²) in [6, 6.07) is -0.873. The highest BCUT2D eigenvalue weighted by atomic mass is 31.2. The van der Waals surface area contributed by atoms with E-state index in [0.29, 0.717) is 0 Å². The van der Waals surface area contributed by atoms with Gasteiger partial charge >= 0.3 is 0 Å². The van der Waals surface area contributed by atoms with Gasteiger partial charge in [0.2, 0.25) is 25.1 Å². The Morgan fingerprint density at radius 3 is 2.30 bits per heavy atom. The Bertz CT molecular complexity index is 624. The smallest absolute Gasteiger partial charge is 0.242 e. The van der Waals surface area contributed by atoms with Crippen molar-refractivity contribution in [1.29, 1.82) is 0 Å². The van der Waals surface area contributed by atoms with Gasteiger partial charge < -0.3 is 31.7 Å². The lowest BCUT2D eigenvalue weighted by atomic mass is 9.91. The number of carbonyl (C=O) groups excluding carboxylic acids is 3. The largest absolute Gasteiger partial charge is 0.391 e. The zero-order valence-electron chi connectivity index (χ0n) is 17.9. The van der Waals surface area contributed by atoms with Crippen LogP contribution in [0.3, 0.4) is 0 Å². The molecule has 7 N–H and O–H groups in total. The van der Waals surface area contributed by atoms with Gasteiger partial charge in [0.1, 0.15) is 6.04 Å². The third-order valence-electron chi connectivity index (χ3n) is 5.17. The van der Waals surface area contributed by atoms with Crippen molar-refractivity contribution in [2.24, 2.45) is 17.6 Å². The lowest BCUT2D eigenvalue weighted by Gasteiger charge is -2.26. The summed E-state index contributed by atoms with van der Waals surface area (Å²) in [6.45, 7) is 2.76. The van der Waals surface area contributed by atoms with Crippen LogP contribution >= 0.6 is 7.37 Å². The maximum absolute atomic E-state index is 12.5. The van der Waals surface area contributed by atoms with Crippen LogP contribution in [0.5, 0.6) is 0 Å².